The molecule has 0 aliphatic rings. The van der Waals surface area contributed by atoms with Crippen LogP contribution in [0.3, 0.4) is 0 Å². The van der Waals surface area contributed by atoms with Gasteiger partial charge in [-0.1, -0.05) is 30.3 Å². The molecular formula is C24H24FNO4. The molecule has 156 valence electrons. The van der Waals surface area contributed by atoms with Crippen LogP contribution in [-0.2, 0) is 27.1 Å². The van der Waals surface area contributed by atoms with Crippen molar-refractivity contribution in [3.8, 4) is 0 Å². The zero-order valence-electron chi connectivity index (χ0n) is 17.5. The summed E-state index contributed by atoms with van der Waals surface area (Å²) in [6.07, 6.45) is 2.16. The Morgan fingerprint density at radius 3 is 2.40 bits per heavy atom. The van der Waals surface area contributed by atoms with Gasteiger partial charge in [0.2, 0.25) is 0 Å². The topological polar surface area (TPSA) is 65.5 Å². The van der Waals surface area contributed by atoms with Crippen molar-refractivity contribution in [2.24, 2.45) is 0 Å². The molecule has 0 aliphatic carbocycles. The number of carbonyl (C=O) groups excluding carboxylic acids is 2. The molecule has 0 radical (unpaired) electrons. The second-order valence-electron chi connectivity index (χ2n) is 8.02. The van der Waals surface area contributed by atoms with E-state index in [-0.39, 0.29) is 18.0 Å². The Hall–Kier alpha value is -3.28. The molecular weight excluding hydrogens is 385 g/mol. The van der Waals surface area contributed by atoms with Crippen LogP contribution in [0.25, 0.3) is 10.8 Å². The van der Waals surface area contributed by atoms with Crippen LogP contribution in [0.1, 0.15) is 48.0 Å². The fourth-order valence-corrected chi connectivity index (χ4v) is 3.18. The molecule has 1 aromatic heterocycles. The van der Waals surface area contributed by atoms with Gasteiger partial charge in [0.25, 0.3) is 0 Å². The highest BCUT2D eigenvalue weighted by Gasteiger charge is 2.21. The number of esters is 2. The van der Waals surface area contributed by atoms with Gasteiger partial charge in [0, 0.05) is 18.0 Å². The third-order valence-corrected chi connectivity index (χ3v) is 4.55. The van der Waals surface area contributed by atoms with Crippen LogP contribution < -0.4 is 0 Å². The molecule has 6 heteroatoms. The first kappa shape index (κ1) is 21.4. The summed E-state index contributed by atoms with van der Waals surface area (Å²) in [5.41, 5.74) is 1.41. The van der Waals surface area contributed by atoms with Crippen LogP contribution in [0.4, 0.5) is 4.39 Å². The lowest BCUT2D eigenvalue weighted by Crippen LogP contribution is -2.24. The third kappa shape index (κ3) is 5.00. The zero-order chi connectivity index (χ0) is 21.9. The number of pyridine rings is 1. The maximum absolute atomic E-state index is 14.6. The van der Waals surface area contributed by atoms with Crippen molar-refractivity contribution >= 4 is 22.7 Å². The van der Waals surface area contributed by atoms with E-state index in [2.05, 4.69) is 4.98 Å². The van der Waals surface area contributed by atoms with Crippen LogP contribution in [0.2, 0.25) is 0 Å². The number of hydrogen-bond acceptors (Lipinski definition) is 5. The molecule has 0 unspecified atom stereocenters. The monoisotopic (exact) mass is 409 g/mol. The van der Waals surface area contributed by atoms with E-state index in [1.165, 1.54) is 19.2 Å². The van der Waals surface area contributed by atoms with Crippen molar-refractivity contribution in [2.45, 2.75) is 39.2 Å². The molecule has 1 heterocycles. The third-order valence-electron chi connectivity index (χ3n) is 4.55. The summed E-state index contributed by atoms with van der Waals surface area (Å²) < 4.78 is 24.6. The number of hydrogen-bond donors (Lipinski definition) is 0. The predicted molar refractivity (Wildman–Crippen MR) is 112 cm³/mol. The molecule has 2 aromatic carbocycles. The molecule has 5 nitrogen and oxygen atoms in total. The maximum atomic E-state index is 14.6. The lowest BCUT2D eigenvalue weighted by atomic mass is 9.99. The maximum Gasteiger partial charge on any atom is 0.341 e. The van der Waals surface area contributed by atoms with Gasteiger partial charge in [-0.3, -0.25) is 9.78 Å². The summed E-state index contributed by atoms with van der Waals surface area (Å²) in [5.74, 6) is -1.66. The number of fused-ring (bicyclic) bond motifs is 1. The van der Waals surface area contributed by atoms with Gasteiger partial charge in [-0.15, -0.1) is 0 Å². The lowest BCUT2D eigenvalue weighted by Gasteiger charge is -2.19. The second-order valence-corrected chi connectivity index (χ2v) is 8.02. The molecule has 0 bridgehead atoms. The lowest BCUT2D eigenvalue weighted by molar-refractivity contribution is -0.139. The van der Waals surface area contributed by atoms with Crippen molar-refractivity contribution < 1.29 is 23.5 Å². The molecule has 3 aromatic rings. The molecule has 0 spiro atoms. The Morgan fingerprint density at radius 2 is 1.77 bits per heavy atom. The van der Waals surface area contributed by atoms with Crippen molar-refractivity contribution in [3.05, 3.63) is 76.9 Å². The Morgan fingerprint density at radius 1 is 1.07 bits per heavy atom. The minimum absolute atomic E-state index is 0.0973. The van der Waals surface area contributed by atoms with E-state index >= 15 is 0 Å². The number of aromatic nitrogens is 1. The summed E-state index contributed by atoms with van der Waals surface area (Å²) in [6, 6.07) is 12.1. The van der Waals surface area contributed by atoms with E-state index in [1.54, 1.807) is 33.0 Å². The van der Waals surface area contributed by atoms with Crippen molar-refractivity contribution in [2.75, 3.05) is 7.11 Å². The first-order valence-electron chi connectivity index (χ1n) is 9.62. The molecule has 0 saturated heterocycles. The van der Waals surface area contributed by atoms with Gasteiger partial charge < -0.3 is 9.47 Å². The highest BCUT2D eigenvalue weighted by molar-refractivity contribution is 5.91. The number of methoxy groups -OCH3 is 1. The van der Waals surface area contributed by atoms with Crippen LogP contribution in [0.5, 0.6) is 0 Å². The Kier molecular flexibility index (Phi) is 6.15. The van der Waals surface area contributed by atoms with Crippen LogP contribution >= 0.6 is 0 Å². The Balaban J connectivity index is 1.90. The average molecular weight is 409 g/mol. The molecule has 0 fully saturated rings. The minimum Gasteiger partial charge on any atom is -0.469 e. The van der Waals surface area contributed by atoms with Crippen LogP contribution in [-0.4, -0.2) is 29.6 Å². The van der Waals surface area contributed by atoms with E-state index in [4.69, 9.17) is 9.47 Å². The first-order valence-corrected chi connectivity index (χ1v) is 9.62. The minimum atomic E-state index is -0.697. The normalized spacial score (nSPS) is 11.4. The molecule has 0 saturated carbocycles. The van der Waals surface area contributed by atoms with Crippen molar-refractivity contribution in [1.29, 1.82) is 0 Å². The number of nitrogens with zero attached hydrogens (tertiary/aromatic N) is 1. The molecule has 0 N–H and O–H groups in total. The SMILES string of the molecule is COC(=O)Cc1cnc(Cc2ccc(C(=O)OC(C)(C)C)c(F)c2)c2ccccc12. The van der Waals surface area contributed by atoms with Crippen LogP contribution in [0, 0.1) is 5.82 Å². The number of halogens is 1. The van der Waals surface area contributed by atoms with Crippen molar-refractivity contribution in [3.63, 3.8) is 0 Å². The largest absolute Gasteiger partial charge is 0.469 e. The second kappa shape index (κ2) is 8.61. The smallest absolute Gasteiger partial charge is 0.341 e. The van der Waals surface area contributed by atoms with Gasteiger partial charge in [-0.2, -0.15) is 0 Å². The fraction of sp³-hybridized carbons (Fsp3) is 0.292. The standard InChI is InChI=1S/C24H24FNO4/c1-24(2,3)30-23(28)19-10-9-15(11-20(19)25)12-21-18-8-6-5-7-17(18)16(14-26-21)13-22(27)29-4/h5-11,14H,12-13H2,1-4H3. The van der Waals surface area contributed by atoms with E-state index in [0.717, 1.165) is 22.0 Å². The summed E-state index contributed by atoms with van der Waals surface area (Å²) in [4.78, 5) is 28.3. The predicted octanol–water partition coefficient (Wildman–Crippen LogP) is 4.64. The molecule has 30 heavy (non-hydrogen) atoms. The summed E-state index contributed by atoms with van der Waals surface area (Å²) in [7, 11) is 1.35. The summed E-state index contributed by atoms with van der Waals surface area (Å²) in [5, 5.41) is 1.79. The van der Waals surface area contributed by atoms with E-state index in [9.17, 15) is 14.0 Å². The quantitative estimate of drug-likeness (QED) is 0.575. The highest BCUT2D eigenvalue weighted by atomic mass is 19.1. The number of benzene rings is 2. The fourth-order valence-electron chi connectivity index (χ4n) is 3.18. The van der Waals surface area contributed by atoms with Gasteiger partial charge in [0.05, 0.1) is 24.8 Å². The van der Waals surface area contributed by atoms with Gasteiger partial charge >= 0.3 is 11.9 Å². The van der Waals surface area contributed by atoms with Gasteiger partial charge in [0.15, 0.2) is 0 Å². The molecule has 0 aliphatic heterocycles. The molecule has 0 atom stereocenters. The zero-order valence-corrected chi connectivity index (χ0v) is 17.5. The summed E-state index contributed by atoms with van der Waals surface area (Å²) >= 11 is 0. The Labute approximate surface area is 174 Å². The number of rotatable bonds is 5. The van der Waals surface area contributed by atoms with E-state index < -0.39 is 17.4 Å². The molecule has 3 rings (SSSR count). The van der Waals surface area contributed by atoms with Crippen LogP contribution in [0.15, 0.2) is 48.7 Å². The first-order chi connectivity index (χ1) is 14.2. The Bertz CT molecular complexity index is 1100. The van der Waals surface area contributed by atoms with Crippen molar-refractivity contribution in [1.82, 2.24) is 4.98 Å². The van der Waals surface area contributed by atoms with Gasteiger partial charge in [-0.05, 0) is 49.4 Å². The average Bonchev–Trinajstić information content (AvgIpc) is 2.68. The summed E-state index contributed by atoms with van der Waals surface area (Å²) in [6.45, 7) is 5.20. The van der Waals surface area contributed by atoms with Gasteiger partial charge in [-0.25, -0.2) is 9.18 Å². The number of ether oxygens (including phenoxy) is 2. The van der Waals surface area contributed by atoms with E-state index in [1.807, 2.05) is 24.3 Å². The highest BCUT2D eigenvalue weighted by Crippen LogP contribution is 2.24. The van der Waals surface area contributed by atoms with E-state index in [0.29, 0.717) is 12.0 Å². The van der Waals surface area contributed by atoms with Gasteiger partial charge in [0.1, 0.15) is 11.4 Å². The number of carbonyl (C=O) groups is 2. The molecule has 0 amide bonds.